The molecule has 1 aliphatic rings. The largest absolute Gasteiger partial charge is 0.461 e. The summed E-state index contributed by atoms with van der Waals surface area (Å²) in [5.74, 6) is 1.06. The third kappa shape index (κ3) is 4.57. The Morgan fingerprint density at radius 2 is 1.96 bits per heavy atom. The van der Waals surface area contributed by atoms with E-state index in [9.17, 15) is 9.59 Å². The van der Waals surface area contributed by atoms with Crippen LogP contribution >= 0.6 is 0 Å². The van der Waals surface area contributed by atoms with Crippen molar-refractivity contribution in [2.75, 3.05) is 7.05 Å². The van der Waals surface area contributed by atoms with Gasteiger partial charge in [0.25, 0.3) is 0 Å². The fraction of sp³-hybridized carbons (Fsp3) is 0.565. The van der Waals surface area contributed by atoms with E-state index >= 15 is 0 Å². The molecule has 0 spiro atoms. The van der Waals surface area contributed by atoms with E-state index in [0.29, 0.717) is 6.54 Å². The Bertz CT molecular complexity index is 820. The summed E-state index contributed by atoms with van der Waals surface area (Å²) in [4.78, 5) is 26.7. The molecule has 1 N–H and O–H groups in total. The molecule has 1 fully saturated rings. The van der Waals surface area contributed by atoms with Gasteiger partial charge in [0.15, 0.2) is 0 Å². The van der Waals surface area contributed by atoms with Gasteiger partial charge in [-0.25, -0.2) is 0 Å². The summed E-state index contributed by atoms with van der Waals surface area (Å²) in [5.41, 5.74) is 1.96. The van der Waals surface area contributed by atoms with Gasteiger partial charge in [-0.2, -0.15) is 0 Å². The number of nitrogens with one attached hydrogen (secondary N) is 1. The van der Waals surface area contributed by atoms with E-state index in [2.05, 4.69) is 18.3 Å². The highest BCUT2D eigenvalue weighted by Crippen LogP contribution is 2.31. The van der Waals surface area contributed by atoms with E-state index in [-0.39, 0.29) is 17.7 Å². The molecule has 1 aromatic carbocycles. The van der Waals surface area contributed by atoms with Crippen LogP contribution in [0.2, 0.25) is 0 Å². The van der Waals surface area contributed by atoms with Crippen molar-refractivity contribution in [1.29, 1.82) is 0 Å². The van der Waals surface area contributed by atoms with E-state index in [0.717, 1.165) is 67.2 Å². The smallest absolute Gasteiger partial charge is 0.245 e. The standard InChI is InChI=1S/C23H32N2O3/c1-4-5-13-21-19(18-12-8-9-14-20(18)28-21)15-25(3)23(27)22(24-16(2)26)17-10-6-7-11-17/h8-9,12,14,17,22H,4-7,10-11,13,15H2,1-3H3,(H,24,26). The van der Waals surface area contributed by atoms with Gasteiger partial charge in [0.05, 0.1) is 0 Å². The molecule has 1 heterocycles. The number of hydrogen-bond acceptors (Lipinski definition) is 3. The van der Waals surface area contributed by atoms with Crippen molar-refractivity contribution < 1.29 is 14.0 Å². The first-order chi connectivity index (χ1) is 13.5. The van der Waals surface area contributed by atoms with Gasteiger partial charge in [-0.15, -0.1) is 0 Å². The second-order valence-corrected chi connectivity index (χ2v) is 8.02. The zero-order valence-electron chi connectivity index (χ0n) is 17.3. The number of rotatable bonds is 8. The third-order valence-electron chi connectivity index (χ3n) is 5.81. The van der Waals surface area contributed by atoms with E-state index in [1.54, 1.807) is 4.90 Å². The van der Waals surface area contributed by atoms with Crippen LogP contribution in [-0.4, -0.2) is 29.8 Å². The lowest BCUT2D eigenvalue weighted by Crippen LogP contribution is -2.50. The summed E-state index contributed by atoms with van der Waals surface area (Å²) in [5, 5.41) is 3.99. The number of carbonyl (C=O) groups excluding carboxylic acids is 2. The van der Waals surface area contributed by atoms with Crippen molar-refractivity contribution in [3.05, 3.63) is 35.6 Å². The molecular formula is C23H32N2O3. The Labute approximate surface area is 167 Å². The van der Waals surface area contributed by atoms with Crippen LogP contribution in [0.15, 0.2) is 28.7 Å². The van der Waals surface area contributed by atoms with Crippen molar-refractivity contribution in [3.8, 4) is 0 Å². The van der Waals surface area contributed by atoms with E-state index < -0.39 is 6.04 Å². The van der Waals surface area contributed by atoms with Crippen LogP contribution in [0.4, 0.5) is 0 Å². The number of likely N-dealkylation sites (N-methyl/N-ethyl adjacent to an activating group) is 1. The first-order valence-electron chi connectivity index (χ1n) is 10.5. The van der Waals surface area contributed by atoms with Crippen LogP contribution in [0.1, 0.15) is 63.7 Å². The minimum atomic E-state index is -0.428. The minimum absolute atomic E-state index is 0.00572. The highest BCUT2D eigenvalue weighted by atomic mass is 16.3. The molecule has 5 heteroatoms. The minimum Gasteiger partial charge on any atom is -0.461 e. The van der Waals surface area contributed by atoms with Crippen LogP contribution in [0, 0.1) is 5.92 Å². The molecule has 1 saturated carbocycles. The highest BCUT2D eigenvalue weighted by molar-refractivity contribution is 5.88. The van der Waals surface area contributed by atoms with Crippen LogP contribution in [-0.2, 0) is 22.6 Å². The topological polar surface area (TPSA) is 62.6 Å². The SMILES string of the molecule is CCCCc1oc2ccccc2c1CN(C)C(=O)C(NC(C)=O)C1CCCC1. The van der Waals surface area contributed by atoms with Crippen molar-refractivity contribution >= 4 is 22.8 Å². The zero-order valence-corrected chi connectivity index (χ0v) is 17.3. The van der Waals surface area contributed by atoms with Crippen molar-refractivity contribution in [2.24, 2.45) is 5.92 Å². The Hall–Kier alpha value is -2.30. The van der Waals surface area contributed by atoms with E-state index in [1.807, 2.05) is 25.2 Å². The number of amides is 2. The lowest BCUT2D eigenvalue weighted by Gasteiger charge is -2.28. The summed E-state index contributed by atoms with van der Waals surface area (Å²) < 4.78 is 6.10. The van der Waals surface area contributed by atoms with Crippen molar-refractivity contribution in [1.82, 2.24) is 10.2 Å². The maximum Gasteiger partial charge on any atom is 0.245 e. The average Bonchev–Trinajstić information content (AvgIpc) is 3.32. The number of aryl methyl sites for hydroxylation is 1. The number of unbranched alkanes of at least 4 members (excludes halogenated alkanes) is 1. The van der Waals surface area contributed by atoms with Gasteiger partial charge >= 0.3 is 0 Å². The summed E-state index contributed by atoms with van der Waals surface area (Å²) in [6.07, 6.45) is 7.29. The summed E-state index contributed by atoms with van der Waals surface area (Å²) in [6.45, 7) is 4.15. The predicted molar refractivity (Wildman–Crippen MR) is 111 cm³/mol. The number of para-hydroxylation sites is 1. The molecule has 152 valence electrons. The fourth-order valence-corrected chi connectivity index (χ4v) is 4.31. The maximum atomic E-state index is 13.2. The molecule has 0 radical (unpaired) electrons. The van der Waals surface area contributed by atoms with Crippen LogP contribution in [0.3, 0.4) is 0 Å². The summed E-state index contributed by atoms with van der Waals surface area (Å²) in [7, 11) is 1.83. The van der Waals surface area contributed by atoms with Gasteiger partial charge < -0.3 is 14.6 Å². The summed E-state index contributed by atoms with van der Waals surface area (Å²) in [6, 6.07) is 7.59. The highest BCUT2D eigenvalue weighted by Gasteiger charge is 2.33. The molecule has 0 bridgehead atoms. The molecule has 5 nitrogen and oxygen atoms in total. The van der Waals surface area contributed by atoms with Gasteiger partial charge in [0, 0.05) is 37.9 Å². The molecule has 2 aromatic rings. The molecule has 0 aliphatic heterocycles. The molecular weight excluding hydrogens is 352 g/mol. The molecule has 1 unspecified atom stereocenters. The second-order valence-electron chi connectivity index (χ2n) is 8.02. The number of fused-ring (bicyclic) bond motifs is 1. The van der Waals surface area contributed by atoms with E-state index in [4.69, 9.17) is 4.42 Å². The number of furan rings is 1. The van der Waals surface area contributed by atoms with Gasteiger partial charge in [0.1, 0.15) is 17.4 Å². The summed E-state index contributed by atoms with van der Waals surface area (Å²) >= 11 is 0. The van der Waals surface area contributed by atoms with Gasteiger partial charge in [-0.3, -0.25) is 9.59 Å². The Morgan fingerprint density at radius 3 is 2.64 bits per heavy atom. The van der Waals surface area contributed by atoms with Gasteiger partial charge in [-0.1, -0.05) is 44.4 Å². The van der Waals surface area contributed by atoms with Gasteiger partial charge in [-0.05, 0) is 31.2 Å². The predicted octanol–water partition coefficient (Wildman–Crippen LogP) is 4.43. The molecule has 1 aliphatic carbocycles. The molecule has 2 amide bonds. The van der Waals surface area contributed by atoms with Crippen molar-refractivity contribution in [2.45, 2.75) is 71.4 Å². The van der Waals surface area contributed by atoms with Gasteiger partial charge in [0.2, 0.25) is 11.8 Å². The quantitative estimate of drug-likeness (QED) is 0.732. The number of hydrogen-bond donors (Lipinski definition) is 1. The average molecular weight is 385 g/mol. The normalized spacial score (nSPS) is 15.7. The zero-order chi connectivity index (χ0) is 20.1. The second kappa shape index (κ2) is 9.26. The molecule has 0 saturated heterocycles. The lowest BCUT2D eigenvalue weighted by atomic mass is 9.96. The Morgan fingerprint density at radius 1 is 1.25 bits per heavy atom. The molecule has 1 atom stereocenters. The fourth-order valence-electron chi connectivity index (χ4n) is 4.31. The van der Waals surface area contributed by atoms with Crippen LogP contribution < -0.4 is 5.32 Å². The first kappa shape index (κ1) is 20.4. The monoisotopic (exact) mass is 384 g/mol. The Kier molecular flexibility index (Phi) is 6.76. The number of carbonyl (C=O) groups is 2. The maximum absolute atomic E-state index is 13.2. The van der Waals surface area contributed by atoms with Crippen LogP contribution in [0.25, 0.3) is 11.0 Å². The van der Waals surface area contributed by atoms with Crippen molar-refractivity contribution in [3.63, 3.8) is 0 Å². The lowest BCUT2D eigenvalue weighted by molar-refractivity contribution is -0.137. The third-order valence-corrected chi connectivity index (χ3v) is 5.81. The Balaban J connectivity index is 1.83. The number of nitrogens with zero attached hydrogens (tertiary/aromatic N) is 1. The first-order valence-corrected chi connectivity index (χ1v) is 10.5. The number of benzene rings is 1. The molecule has 3 rings (SSSR count). The van der Waals surface area contributed by atoms with E-state index in [1.165, 1.54) is 6.92 Å². The van der Waals surface area contributed by atoms with Crippen LogP contribution in [0.5, 0.6) is 0 Å². The molecule has 1 aromatic heterocycles. The molecule has 28 heavy (non-hydrogen) atoms.